The minimum Gasteiger partial charge on any atom is -0.262 e. The lowest BCUT2D eigenvalue weighted by atomic mass is 10.3. The van der Waals surface area contributed by atoms with Crippen molar-refractivity contribution in [1.29, 1.82) is 0 Å². The topological polar surface area (TPSA) is 59.1 Å². The first-order valence-corrected chi connectivity index (χ1v) is 7.89. The van der Waals surface area contributed by atoms with E-state index in [1.54, 1.807) is 6.20 Å². The van der Waals surface area contributed by atoms with Crippen molar-refractivity contribution in [3.05, 3.63) is 22.9 Å². The van der Waals surface area contributed by atoms with Gasteiger partial charge in [-0.25, -0.2) is 13.1 Å². The SMILES string of the molecule is CCC(Br)CNS(=O)(=O)c1cncc(Br)c1. The van der Waals surface area contributed by atoms with E-state index >= 15 is 0 Å². The molecule has 0 aliphatic rings. The highest BCUT2D eigenvalue weighted by atomic mass is 79.9. The Morgan fingerprint density at radius 1 is 1.50 bits per heavy atom. The Morgan fingerprint density at radius 3 is 2.75 bits per heavy atom. The molecule has 7 heteroatoms. The first-order valence-electron chi connectivity index (χ1n) is 4.70. The summed E-state index contributed by atoms with van der Waals surface area (Å²) < 4.78 is 26.8. The zero-order chi connectivity index (χ0) is 12.2. The number of aromatic nitrogens is 1. The van der Waals surface area contributed by atoms with E-state index in [4.69, 9.17) is 0 Å². The van der Waals surface area contributed by atoms with Gasteiger partial charge in [0.2, 0.25) is 10.0 Å². The monoisotopic (exact) mass is 370 g/mol. The zero-order valence-corrected chi connectivity index (χ0v) is 12.6. The number of alkyl halides is 1. The molecule has 0 saturated heterocycles. The molecule has 0 bridgehead atoms. The predicted octanol–water partition coefficient (Wildman–Crippen LogP) is 2.30. The van der Waals surface area contributed by atoms with Gasteiger partial charge in [0.1, 0.15) is 4.90 Å². The van der Waals surface area contributed by atoms with E-state index in [1.807, 2.05) is 6.92 Å². The molecule has 1 aromatic heterocycles. The van der Waals surface area contributed by atoms with Crippen LogP contribution < -0.4 is 4.72 Å². The van der Waals surface area contributed by atoms with Gasteiger partial charge in [-0.1, -0.05) is 22.9 Å². The van der Waals surface area contributed by atoms with Crippen LogP contribution in [0.3, 0.4) is 0 Å². The fourth-order valence-corrected chi connectivity index (χ4v) is 2.93. The van der Waals surface area contributed by atoms with E-state index in [9.17, 15) is 8.42 Å². The number of nitrogens with zero attached hydrogens (tertiary/aromatic N) is 1. The summed E-state index contributed by atoms with van der Waals surface area (Å²) in [4.78, 5) is 4.13. The van der Waals surface area contributed by atoms with Crippen LogP contribution in [0.15, 0.2) is 27.8 Å². The fraction of sp³-hybridized carbons (Fsp3) is 0.444. The van der Waals surface area contributed by atoms with Crippen molar-refractivity contribution < 1.29 is 8.42 Å². The third-order valence-electron chi connectivity index (χ3n) is 1.93. The molecule has 0 amide bonds. The van der Waals surface area contributed by atoms with Crippen LogP contribution in [0.25, 0.3) is 0 Å². The number of pyridine rings is 1. The Labute approximate surface area is 112 Å². The first-order chi connectivity index (χ1) is 7.45. The lowest BCUT2D eigenvalue weighted by molar-refractivity contribution is 0.579. The molecule has 1 atom stereocenters. The molecule has 0 fully saturated rings. The maximum Gasteiger partial charge on any atom is 0.242 e. The van der Waals surface area contributed by atoms with Gasteiger partial charge in [-0.2, -0.15) is 0 Å². The van der Waals surface area contributed by atoms with Gasteiger partial charge in [0.25, 0.3) is 0 Å². The van der Waals surface area contributed by atoms with E-state index in [0.29, 0.717) is 11.0 Å². The van der Waals surface area contributed by atoms with Gasteiger partial charge < -0.3 is 0 Å². The Hall–Kier alpha value is 0.0200. The zero-order valence-electron chi connectivity index (χ0n) is 8.65. The fourth-order valence-electron chi connectivity index (χ4n) is 0.967. The van der Waals surface area contributed by atoms with E-state index in [1.165, 1.54) is 12.3 Å². The molecule has 1 N–H and O–H groups in total. The standard InChI is InChI=1S/C9H12Br2N2O2S/c1-2-7(10)5-13-16(14,15)9-3-8(11)4-12-6-9/h3-4,6-7,13H,2,5H2,1H3. The third kappa shape index (κ3) is 4.12. The number of nitrogens with one attached hydrogen (secondary N) is 1. The van der Waals surface area contributed by atoms with Crippen molar-refractivity contribution >= 4 is 41.9 Å². The average Bonchev–Trinajstić information content (AvgIpc) is 2.26. The van der Waals surface area contributed by atoms with Crippen molar-refractivity contribution in [3.63, 3.8) is 0 Å². The quantitative estimate of drug-likeness (QED) is 0.808. The lowest BCUT2D eigenvalue weighted by Crippen LogP contribution is -2.29. The molecule has 16 heavy (non-hydrogen) atoms. The van der Waals surface area contributed by atoms with Crippen molar-refractivity contribution in [3.8, 4) is 0 Å². The summed E-state index contributed by atoms with van der Waals surface area (Å²) in [6.45, 7) is 2.35. The third-order valence-corrected chi connectivity index (χ3v) is 4.72. The molecular weight excluding hydrogens is 360 g/mol. The summed E-state index contributed by atoms with van der Waals surface area (Å²) in [6.07, 6.45) is 3.72. The van der Waals surface area contributed by atoms with E-state index in [-0.39, 0.29) is 9.72 Å². The Balaban J connectivity index is 2.78. The number of halogens is 2. The minimum absolute atomic E-state index is 0.141. The van der Waals surface area contributed by atoms with Crippen molar-refractivity contribution in [2.75, 3.05) is 6.54 Å². The second-order valence-corrected chi connectivity index (χ2v) is 7.17. The van der Waals surface area contributed by atoms with Crippen LogP contribution in [-0.2, 0) is 10.0 Å². The van der Waals surface area contributed by atoms with Gasteiger partial charge in [0.15, 0.2) is 0 Å². The number of rotatable bonds is 5. The molecule has 0 spiro atoms. The van der Waals surface area contributed by atoms with Crippen molar-refractivity contribution in [2.45, 2.75) is 23.1 Å². The average molecular weight is 372 g/mol. The molecule has 0 aliphatic heterocycles. The molecule has 1 rings (SSSR count). The summed E-state index contributed by atoms with van der Waals surface area (Å²) in [7, 11) is -3.46. The highest BCUT2D eigenvalue weighted by Crippen LogP contribution is 2.14. The second kappa shape index (κ2) is 6.09. The molecule has 90 valence electrons. The molecule has 0 aromatic carbocycles. The van der Waals surface area contributed by atoms with E-state index in [0.717, 1.165) is 6.42 Å². The molecule has 0 saturated carbocycles. The van der Waals surface area contributed by atoms with Gasteiger partial charge in [-0.05, 0) is 28.4 Å². The van der Waals surface area contributed by atoms with Crippen LogP contribution in [0.4, 0.5) is 0 Å². The number of hydrogen-bond acceptors (Lipinski definition) is 3. The summed E-state index contributed by atoms with van der Waals surface area (Å²) in [5, 5.41) is 0. The summed E-state index contributed by atoms with van der Waals surface area (Å²) in [6, 6.07) is 1.52. The van der Waals surface area contributed by atoms with Crippen LogP contribution >= 0.6 is 31.9 Å². The summed E-state index contributed by atoms with van der Waals surface area (Å²) >= 11 is 6.55. The summed E-state index contributed by atoms with van der Waals surface area (Å²) in [5.74, 6) is 0. The Kier molecular flexibility index (Phi) is 5.36. The van der Waals surface area contributed by atoms with Crippen molar-refractivity contribution in [1.82, 2.24) is 9.71 Å². The maximum atomic E-state index is 11.8. The van der Waals surface area contributed by atoms with Crippen LogP contribution in [-0.4, -0.2) is 24.8 Å². The highest BCUT2D eigenvalue weighted by Gasteiger charge is 2.15. The lowest BCUT2D eigenvalue weighted by Gasteiger charge is -2.09. The highest BCUT2D eigenvalue weighted by molar-refractivity contribution is 9.10. The van der Waals surface area contributed by atoms with Crippen LogP contribution in [0.2, 0.25) is 0 Å². The molecular formula is C9H12Br2N2O2S. The van der Waals surface area contributed by atoms with Gasteiger partial charge in [-0.15, -0.1) is 0 Å². The van der Waals surface area contributed by atoms with Gasteiger partial charge in [0, 0.05) is 28.2 Å². The summed E-state index contributed by atoms with van der Waals surface area (Å²) in [5.41, 5.74) is 0. The molecule has 4 nitrogen and oxygen atoms in total. The normalized spacial score (nSPS) is 13.7. The Morgan fingerprint density at radius 2 is 2.19 bits per heavy atom. The number of sulfonamides is 1. The largest absolute Gasteiger partial charge is 0.262 e. The maximum absolute atomic E-state index is 11.8. The molecule has 1 heterocycles. The van der Waals surface area contributed by atoms with E-state index in [2.05, 4.69) is 41.6 Å². The van der Waals surface area contributed by atoms with Crippen LogP contribution in [0, 0.1) is 0 Å². The van der Waals surface area contributed by atoms with Gasteiger partial charge >= 0.3 is 0 Å². The molecule has 1 aromatic rings. The minimum atomic E-state index is -3.46. The van der Waals surface area contributed by atoms with E-state index < -0.39 is 10.0 Å². The Bertz CT molecular complexity index is 451. The predicted molar refractivity (Wildman–Crippen MR) is 70.1 cm³/mol. The first kappa shape index (κ1) is 14.1. The van der Waals surface area contributed by atoms with Crippen LogP contribution in [0.5, 0.6) is 0 Å². The smallest absolute Gasteiger partial charge is 0.242 e. The van der Waals surface area contributed by atoms with Crippen LogP contribution in [0.1, 0.15) is 13.3 Å². The van der Waals surface area contributed by atoms with Crippen molar-refractivity contribution in [2.24, 2.45) is 0 Å². The second-order valence-electron chi connectivity index (χ2n) is 3.20. The number of hydrogen-bond donors (Lipinski definition) is 1. The molecule has 0 radical (unpaired) electrons. The molecule has 0 aliphatic carbocycles. The molecule has 1 unspecified atom stereocenters. The van der Waals surface area contributed by atoms with Gasteiger partial charge in [0.05, 0.1) is 0 Å². The van der Waals surface area contributed by atoms with Gasteiger partial charge in [-0.3, -0.25) is 4.98 Å².